The lowest BCUT2D eigenvalue weighted by atomic mass is 10.1. The molecular formula is C22H22FN3O4. The van der Waals surface area contributed by atoms with Gasteiger partial charge in [-0.3, -0.25) is 4.79 Å². The Hall–Kier alpha value is -3.39. The van der Waals surface area contributed by atoms with Crippen molar-refractivity contribution in [1.82, 2.24) is 15.4 Å². The average Bonchev–Trinajstić information content (AvgIpc) is 3.25. The molecule has 1 amide bonds. The molecule has 0 bridgehead atoms. The second-order valence-corrected chi connectivity index (χ2v) is 7.18. The predicted molar refractivity (Wildman–Crippen MR) is 108 cm³/mol. The van der Waals surface area contributed by atoms with Crippen LogP contribution >= 0.6 is 0 Å². The summed E-state index contributed by atoms with van der Waals surface area (Å²) < 4.78 is 29.7. The number of likely N-dealkylation sites (N-methyl/N-ethyl adjacent to an activating group) is 1. The Kier molecular flexibility index (Phi) is 5.67. The smallest absolute Gasteiger partial charge is 0.273 e. The second-order valence-electron chi connectivity index (χ2n) is 7.18. The lowest BCUT2D eigenvalue weighted by molar-refractivity contribution is 0.0933. The van der Waals surface area contributed by atoms with Crippen LogP contribution in [0.2, 0.25) is 0 Å². The molecule has 1 atom stereocenters. The van der Waals surface area contributed by atoms with Crippen molar-refractivity contribution in [2.45, 2.75) is 6.04 Å². The molecule has 1 aromatic heterocycles. The standard InChI is InChI=1S/C22H22FN3O4/c1-26(2)18(14-3-6-16(23)7-4-14)13-24-22(27)17-12-20(30-25-17)15-5-8-19-21(11-15)29-10-9-28-19/h3-8,11-12,18H,9-10,13H2,1-2H3,(H,24,27)/t18-/m0/s1. The molecule has 0 saturated carbocycles. The molecular weight excluding hydrogens is 389 g/mol. The van der Waals surface area contributed by atoms with E-state index in [-0.39, 0.29) is 23.5 Å². The van der Waals surface area contributed by atoms with Crippen LogP contribution in [-0.4, -0.2) is 49.8 Å². The zero-order valence-electron chi connectivity index (χ0n) is 16.7. The molecule has 0 spiro atoms. The van der Waals surface area contributed by atoms with E-state index < -0.39 is 0 Å². The van der Waals surface area contributed by atoms with Gasteiger partial charge in [-0.15, -0.1) is 0 Å². The number of ether oxygens (including phenoxy) is 2. The number of hydrogen-bond acceptors (Lipinski definition) is 6. The van der Waals surface area contributed by atoms with Crippen LogP contribution in [-0.2, 0) is 0 Å². The van der Waals surface area contributed by atoms with E-state index in [1.807, 2.05) is 25.1 Å². The quantitative estimate of drug-likeness (QED) is 0.671. The van der Waals surface area contributed by atoms with Gasteiger partial charge in [-0.25, -0.2) is 4.39 Å². The maximum absolute atomic E-state index is 13.2. The van der Waals surface area contributed by atoms with Crippen molar-refractivity contribution >= 4 is 5.91 Å². The van der Waals surface area contributed by atoms with Crippen LogP contribution in [0, 0.1) is 5.82 Å². The average molecular weight is 411 g/mol. The number of amides is 1. The van der Waals surface area contributed by atoms with Gasteiger partial charge < -0.3 is 24.2 Å². The van der Waals surface area contributed by atoms with Gasteiger partial charge in [-0.05, 0) is 50.0 Å². The van der Waals surface area contributed by atoms with E-state index in [2.05, 4.69) is 10.5 Å². The van der Waals surface area contributed by atoms with Gasteiger partial charge in [-0.1, -0.05) is 17.3 Å². The summed E-state index contributed by atoms with van der Waals surface area (Å²) in [6.07, 6.45) is 0. The Bertz CT molecular complexity index is 1030. The van der Waals surface area contributed by atoms with Gasteiger partial charge in [0.25, 0.3) is 5.91 Å². The molecule has 0 aliphatic carbocycles. The minimum atomic E-state index is -0.350. The number of benzene rings is 2. The molecule has 4 rings (SSSR count). The third kappa shape index (κ3) is 4.28. The van der Waals surface area contributed by atoms with Crippen LogP contribution in [0.4, 0.5) is 4.39 Å². The Morgan fingerprint density at radius 1 is 1.10 bits per heavy atom. The summed E-state index contributed by atoms with van der Waals surface area (Å²) in [6.45, 7) is 1.34. The summed E-state index contributed by atoms with van der Waals surface area (Å²) in [5.41, 5.74) is 1.82. The number of fused-ring (bicyclic) bond motifs is 1. The van der Waals surface area contributed by atoms with Crippen molar-refractivity contribution in [3.8, 4) is 22.8 Å². The second kappa shape index (κ2) is 8.54. The van der Waals surface area contributed by atoms with Crippen molar-refractivity contribution in [3.63, 3.8) is 0 Å². The molecule has 1 N–H and O–H groups in total. The highest BCUT2D eigenvalue weighted by Crippen LogP contribution is 2.34. The van der Waals surface area contributed by atoms with Crippen molar-refractivity contribution in [2.75, 3.05) is 33.9 Å². The molecule has 8 heteroatoms. The van der Waals surface area contributed by atoms with Crippen molar-refractivity contribution < 1.29 is 23.2 Å². The topological polar surface area (TPSA) is 76.8 Å². The van der Waals surface area contributed by atoms with E-state index in [1.54, 1.807) is 30.3 Å². The van der Waals surface area contributed by atoms with Crippen LogP contribution in [0.3, 0.4) is 0 Å². The molecule has 2 aromatic carbocycles. The summed E-state index contributed by atoms with van der Waals surface area (Å²) in [6, 6.07) is 13.1. The number of halogens is 1. The molecule has 0 saturated heterocycles. The molecule has 3 aromatic rings. The van der Waals surface area contributed by atoms with Gasteiger partial charge in [0.2, 0.25) is 0 Å². The predicted octanol–water partition coefficient (Wildman–Crippen LogP) is 3.28. The van der Waals surface area contributed by atoms with E-state index in [9.17, 15) is 9.18 Å². The third-order valence-electron chi connectivity index (χ3n) is 4.90. The highest BCUT2D eigenvalue weighted by atomic mass is 19.1. The molecule has 0 radical (unpaired) electrons. The van der Waals surface area contributed by atoms with Gasteiger partial charge >= 0.3 is 0 Å². The molecule has 7 nitrogen and oxygen atoms in total. The Morgan fingerprint density at radius 2 is 1.83 bits per heavy atom. The summed E-state index contributed by atoms with van der Waals surface area (Å²) in [7, 11) is 3.80. The summed E-state index contributed by atoms with van der Waals surface area (Å²) in [4.78, 5) is 14.5. The van der Waals surface area contributed by atoms with Crippen LogP contribution in [0.15, 0.2) is 53.1 Å². The van der Waals surface area contributed by atoms with Gasteiger partial charge in [-0.2, -0.15) is 0 Å². The van der Waals surface area contributed by atoms with Gasteiger partial charge in [0, 0.05) is 18.2 Å². The normalized spacial score (nSPS) is 13.9. The number of hydrogen-bond donors (Lipinski definition) is 1. The van der Waals surface area contributed by atoms with Gasteiger partial charge in [0.05, 0.1) is 6.04 Å². The summed E-state index contributed by atoms with van der Waals surface area (Å²) in [5.74, 6) is 1.12. The lowest BCUT2D eigenvalue weighted by Gasteiger charge is -2.25. The minimum absolute atomic E-state index is 0.112. The molecule has 2 heterocycles. The Balaban J connectivity index is 1.44. The maximum Gasteiger partial charge on any atom is 0.273 e. The van der Waals surface area contributed by atoms with Crippen molar-refractivity contribution in [1.29, 1.82) is 0 Å². The Labute approximate surface area is 173 Å². The SMILES string of the molecule is CN(C)[C@@H](CNC(=O)c1cc(-c2ccc3c(c2)OCCO3)on1)c1ccc(F)cc1. The van der Waals surface area contributed by atoms with E-state index in [4.69, 9.17) is 14.0 Å². The van der Waals surface area contributed by atoms with Crippen LogP contribution in [0.25, 0.3) is 11.3 Å². The van der Waals surface area contributed by atoms with E-state index in [1.165, 1.54) is 12.1 Å². The van der Waals surface area contributed by atoms with Crippen molar-refractivity contribution in [2.24, 2.45) is 0 Å². The number of carbonyl (C=O) groups is 1. The zero-order chi connectivity index (χ0) is 21.1. The zero-order valence-corrected chi connectivity index (χ0v) is 16.7. The van der Waals surface area contributed by atoms with E-state index in [0.29, 0.717) is 37.0 Å². The fraction of sp³-hybridized carbons (Fsp3) is 0.273. The van der Waals surface area contributed by atoms with Crippen LogP contribution in [0.1, 0.15) is 22.1 Å². The monoisotopic (exact) mass is 411 g/mol. The first-order chi connectivity index (χ1) is 14.5. The number of carbonyl (C=O) groups excluding carboxylic acids is 1. The van der Waals surface area contributed by atoms with Crippen molar-refractivity contribution in [3.05, 3.63) is 65.6 Å². The molecule has 0 fully saturated rings. The first kappa shape index (κ1) is 19.9. The van der Waals surface area contributed by atoms with Crippen LogP contribution in [0.5, 0.6) is 11.5 Å². The van der Waals surface area contributed by atoms with Crippen LogP contribution < -0.4 is 14.8 Å². The minimum Gasteiger partial charge on any atom is -0.486 e. The number of aromatic nitrogens is 1. The van der Waals surface area contributed by atoms with Gasteiger partial charge in [0.15, 0.2) is 23.0 Å². The number of rotatable bonds is 6. The van der Waals surface area contributed by atoms with E-state index in [0.717, 1.165) is 11.1 Å². The Morgan fingerprint density at radius 3 is 2.57 bits per heavy atom. The molecule has 30 heavy (non-hydrogen) atoms. The first-order valence-electron chi connectivity index (χ1n) is 9.58. The number of nitrogens with zero attached hydrogens (tertiary/aromatic N) is 2. The highest BCUT2D eigenvalue weighted by Gasteiger charge is 2.20. The highest BCUT2D eigenvalue weighted by molar-refractivity contribution is 5.93. The van der Waals surface area contributed by atoms with E-state index >= 15 is 0 Å². The van der Waals surface area contributed by atoms with Gasteiger partial charge in [0.1, 0.15) is 19.0 Å². The largest absolute Gasteiger partial charge is 0.486 e. The molecule has 1 aliphatic heterocycles. The molecule has 156 valence electrons. The summed E-state index contributed by atoms with van der Waals surface area (Å²) in [5, 5.41) is 6.76. The molecule has 1 aliphatic rings. The molecule has 0 unspecified atom stereocenters. The summed E-state index contributed by atoms with van der Waals surface area (Å²) >= 11 is 0. The maximum atomic E-state index is 13.2. The fourth-order valence-electron chi connectivity index (χ4n) is 3.28. The fourth-order valence-corrected chi connectivity index (χ4v) is 3.28. The number of nitrogens with one attached hydrogen (secondary N) is 1. The first-order valence-corrected chi connectivity index (χ1v) is 9.58. The third-order valence-corrected chi connectivity index (χ3v) is 4.90. The lowest BCUT2D eigenvalue weighted by Crippen LogP contribution is -2.34.